The van der Waals surface area contributed by atoms with E-state index in [9.17, 15) is 0 Å². The van der Waals surface area contributed by atoms with Crippen molar-refractivity contribution in [3.63, 3.8) is 0 Å². The lowest BCUT2D eigenvalue weighted by Gasteiger charge is -2.05. The molecule has 3 aromatic rings. The Balaban J connectivity index is 1.51. The largest absolute Gasteiger partial charge is 0.497 e. The summed E-state index contributed by atoms with van der Waals surface area (Å²) in [5.41, 5.74) is 3.35. The van der Waals surface area contributed by atoms with Crippen molar-refractivity contribution in [2.75, 3.05) is 19.0 Å². The molecule has 21 heavy (non-hydrogen) atoms. The van der Waals surface area contributed by atoms with Gasteiger partial charge in [0.15, 0.2) is 0 Å². The number of H-pyrrole nitrogens is 1. The van der Waals surface area contributed by atoms with Gasteiger partial charge in [0.05, 0.1) is 18.1 Å². The lowest BCUT2D eigenvalue weighted by molar-refractivity contribution is 0.414. The topological polar surface area (TPSA) is 49.9 Å². The number of hydrogen-bond donors (Lipinski definition) is 2. The first-order chi connectivity index (χ1) is 10.3. The highest BCUT2D eigenvalue weighted by atomic mass is 16.5. The lowest BCUT2D eigenvalue weighted by atomic mass is 10.1. The minimum atomic E-state index is 0.835. The van der Waals surface area contributed by atoms with Crippen molar-refractivity contribution in [2.45, 2.75) is 12.8 Å². The van der Waals surface area contributed by atoms with Crippen LogP contribution in [0.4, 0.5) is 5.95 Å². The van der Waals surface area contributed by atoms with Crippen LogP contribution in [-0.4, -0.2) is 23.6 Å². The summed E-state index contributed by atoms with van der Waals surface area (Å²) in [7, 11) is 1.70. The maximum Gasteiger partial charge on any atom is 0.201 e. The third kappa shape index (κ3) is 3.34. The van der Waals surface area contributed by atoms with E-state index in [1.54, 1.807) is 7.11 Å². The van der Waals surface area contributed by atoms with Crippen molar-refractivity contribution in [1.29, 1.82) is 0 Å². The smallest absolute Gasteiger partial charge is 0.201 e. The molecule has 0 spiro atoms. The summed E-state index contributed by atoms with van der Waals surface area (Å²) in [5, 5.41) is 3.34. The van der Waals surface area contributed by atoms with Crippen LogP contribution in [-0.2, 0) is 6.42 Å². The molecule has 0 radical (unpaired) electrons. The molecule has 0 amide bonds. The van der Waals surface area contributed by atoms with Crippen molar-refractivity contribution >= 4 is 17.0 Å². The molecule has 0 saturated heterocycles. The highest BCUT2D eigenvalue weighted by Crippen LogP contribution is 2.15. The van der Waals surface area contributed by atoms with Gasteiger partial charge < -0.3 is 15.0 Å². The molecule has 3 rings (SSSR count). The molecule has 4 nitrogen and oxygen atoms in total. The van der Waals surface area contributed by atoms with Crippen LogP contribution in [0.15, 0.2) is 48.5 Å². The van der Waals surface area contributed by atoms with Gasteiger partial charge >= 0.3 is 0 Å². The van der Waals surface area contributed by atoms with Crippen LogP contribution < -0.4 is 10.1 Å². The Labute approximate surface area is 124 Å². The molecule has 2 aromatic carbocycles. The van der Waals surface area contributed by atoms with Crippen LogP contribution >= 0.6 is 0 Å². The Bertz CT molecular complexity index is 688. The van der Waals surface area contributed by atoms with Gasteiger partial charge in [0.2, 0.25) is 5.95 Å². The first kappa shape index (κ1) is 13.5. The maximum atomic E-state index is 5.23. The molecule has 0 saturated carbocycles. The molecule has 0 atom stereocenters. The number of fused-ring (bicyclic) bond motifs is 1. The van der Waals surface area contributed by atoms with E-state index in [1.165, 1.54) is 5.56 Å². The third-order valence-corrected chi connectivity index (χ3v) is 3.46. The minimum Gasteiger partial charge on any atom is -0.497 e. The summed E-state index contributed by atoms with van der Waals surface area (Å²) < 4.78 is 5.23. The van der Waals surface area contributed by atoms with Gasteiger partial charge in [0.1, 0.15) is 5.75 Å². The predicted octanol–water partition coefficient (Wildman–Crippen LogP) is 3.62. The van der Waals surface area contributed by atoms with Gasteiger partial charge in [-0.3, -0.25) is 0 Å². The standard InChI is InChI=1S/C17H19N3O/c1-21-14-8-4-6-13(12-14)7-5-11-18-17-19-15-9-2-3-10-16(15)20-17/h2-4,6,8-10,12H,5,7,11H2,1H3,(H2,18,19,20). The zero-order chi connectivity index (χ0) is 14.5. The van der Waals surface area contributed by atoms with Crippen LogP contribution in [0.1, 0.15) is 12.0 Å². The second kappa shape index (κ2) is 6.31. The summed E-state index contributed by atoms with van der Waals surface area (Å²) in [4.78, 5) is 7.77. The number of methoxy groups -OCH3 is 1. The summed E-state index contributed by atoms with van der Waals surface area (Å²) in [5.74, 6) is 1.75. The SMILES string of the molecule is COc1cccc(CCCNc2nc3ccccc3[nH]2)c1. The Morgan fingerprint density at radius 1 is 1.14 bits per heavy atom. The third-order valence-electron chi connectivity index (χ3n) is 3.46. The molecule has 0 aliphatic heterocycles. The molecule has 1 aromatic heterocycles. The highest BCUT2D eigenvalue weighted by Gasteiger charge is 2.01. The number of nitrogens with one attached hydrogen (secondary N) is 2. The Morgan fingerprint density at radius 3 is 2.90 bits per heavy atom. The molecule has 4 heteroatoms. The first-order valence-electron chi connectivity index (χ1n) is 7.17. The van der Waals surface area contributed by atoms with Gasteiger partial charge in [-0.1, -0.05) is 24.3 Å². The normalized spacial score (nSPS) is 10.7. The van der Waals surface area contributed by atoms with Gasteiger partial charge in [-0.05, 0) is 42.7 Å². The monoisotopic (exact) mass is 281 g/mol. The zero-order valence-electron chi connectivity index (χ0n) is 12.1. The zero-order valence-corrected chi connectivity index (χ0v) is 12.1. The van der Waals surface area contributed by atoms with Gasteiger partial charge in [0.25, 0.3) is 0 Å². The van der Waals surface area contributed by atoms with Crippen molar-refractivity contribution in [3.05, 3.63) is 54.1 Å². The van der Waals surface area contributed by atoms with Gasteiger partial charge in [-0.25, -0.2) is 4.98 Å². The van der Waals surface area contributed by atoms with E-state index >= 15 is 0 Å². The van der Waals surface area contributed by atoms with Gasteiger partial charge in [-0.2, -0.15) is 0 Å². The van der Waals surface area contributed by atoms with Crippen molar-refractivity contribution < 1.29 is 4.74 Å². The molecule has 2 N–H and O–H groups in total. The molecule has 108 valence electrons. The number of aromatic nitrogens is 2. The number of para-hydroxylation sites is 2. The minimum absolute atomic E-state index is 0.835. The quantitative estimate of drug-likeness (QED) is 0.678. The Kier molecular flexibility index (Phi) is 4.05. The number of ether oxygens (including phenoxy) is 1. The first-order valence-corrected chi connectivity index (χ1v) is 7.17. The molecule has 0 fully saturated rings. The lowest BCUT2D eigenvalue weighted by Crippen LogP contribution is -2.04. The van der Waals surface area contributed by atoms with Crippen LogP contribution in [0.5, 0.6) is 5.75 Å². The fourth-order valence-electron chi connectivity index (χ4n) is 2.36. The number of anilines is 1. The molecule has 0 unspecified atom stereocenters. The second-order valence-electron chi connectivity index (χ2n) is 4.98. The van der Waals surface area contributed by atoms with E-state index in [1.807, 2.05) is 36.4 Å². The number of nitrogens with zero attached hydrogens (tertiary/aromatic N) is 1. The molecule has 1 heterocycles. The molecule has 0 aliphatic rings. The average molecular weight is 281 g/mol. The van der Waals surface area contributed by atoms with Crippen molar-refractivity contribution in [2.24, 2.45) is 0 Å². The summed E-state index contributed by atoms with van der Waals surface area (Å²) in [6, 6.07) is 16.3. The van der Waals surface area contributed by atoms with E-state index in [0.717, 1.165) is 42.1 Å². The molecular weight excluding hydrogens is 262 g/mol. The average Bonchev–Trinajstić information content (AvgIpc) is 2.94. The Morgan fingerprint density at radius 2 is 2.05 bits per heavy atom. The van der Waals surface area contributed by atoms with Gasteiger partial charge in [0, 0.05) is 6.54 Å². The van der Waals surface area contributed by atoms with Crippen LogP contribution in [0, 0.1) is 0 Å². The second-order valence-corrected chi connectivity index (χ2v) is 4.98. The van der Waals surface area contributed by atoms with E-state index in [-0.39, 0.29) is 0 Å². The number of aryl methyl sites for hydroxylation is 1. The van der Waals surface area contributed by atoms with E-state index in [4.69, 9.17) is 4.74 Å². The maximum absolute atomic E-state index is 5.23. The fraction of sp³-hybridized carbons (Fsp3) is 0.235. The Hall–Kier alpha value is -2.49. The summed E-state index contributed by atoms with van der Waals surface area (Å²) >= 11 is 0. The summed E-state index contributed by atoms with van der Waals surface area (Å²) in [6.07, 6.45) is 2.06. The molecular formula is C17H19N3O. The van der Waals surface area contributed by atoms with Gasteiger partial charge in [-0.15, -0.1) is 0 Å². The number of rotatable bonds is 6. The van der Waals surface area contributed by atoms with Crippen molar-refractivity contribution in [1.82, 2.24) is 9.97 Å². The van der Waals surface area contributed by atoms with Crippen LogP contribution in [0.2, 0.25) is 0 Å². The van der Waals surface area contributed by atoms with E-state index in [0.29, 0.717) is 0 Å². The highest BCUT2D eigenvalue weighted by molar-refractivity contribution is 5.77. The summed E-state index contributed by atoms with van der Waals surface area (Å²) in [6.45, 7) is 0.886. The predicted molar refractivity (Wildman–Crippen MR) is 85.9 cm³/mol. The van der Waals surface area contributed by atoms with Crippen molar-refractivity contribution in [3.8, 4) is 5.75 Å². The molecule has 0 bridgehead atoms. The fourth-order valence-corrected chi connectivity index (χ4v) is 2.36. The van der Waals surface area contributed by atoms with Crippen LogP contribution in [0.25, 0.3) is 11.0 Å². The number of hydrogen-bond acceptors (Lipinski definition) is 3. The van der Waals surface area contributed by atoms with Crippen LogP contribution in [0.3, 0.4) is 0 Å². The number of imidazole rings is 1. The molecule has 0 aliphatic carbocycles. The number of benzene rings is 2. The van der Waals surface area contributed by atoms with E-state index in [2.05, 4.69) is 27.4 Å². The number of aromatic amines is 1. The van der Waals surface area contributed by atoms with E-state index < -0.39 is 0 Å².